The highest BCUT2D eigenvalue weighted by Crippen LogP contribution is 2.27. The van der Waals surface area contributed by atoms with Crippen LogP contribution in [0.2, 0.25) is 0 Å². The van der Waals surface area contributed by atoms with Crippen molar-refractivity contribution in [2.24, 2.45) is 5.92 Å². The Labute approximate surface area is 85.9 Å². The molecule has 0 aliphatic heterocycles. The molecule has 0 aromatic carbocycles. The summed E-state index contributed by atoms with van der Waals surface area (Å²) in [4.78, 5) is 0. The minimum absolute atomic E-state index is 0.435. The molecule has 80 valence electrons. The summed E-state index contributed by atoms with van der Waals surface area (Å²) in [5.74, 6) is 1.33. The van der Waals surface area contributed by atoms with Crippen molar-refractivity contribution in [3.8, 4) is 0 Å². The van der Waals surface area contributed by atoms with Crippen molar-refractivity contribution in [2.45, 2.75) is 46.1 Å². The molecule has 1 rings (SSSR count). The Morgan fingerprint density at radius 2 is 2.00 bits per heavy atom. The van der Waals surface area contributed by atoms with Gasteiger partial charge in [-0.3, -0.25) is 0 Å². The Morgan fingerprint density at radius 1 is 1.36 bits per heavy atom. The van der Waals surface area contributed by atoms with Crippen molar-refractivity contribution in [1.29, 1.82) is 0 Å². The highest BCUT2D eigenvalue weighted by molar-refractivity contribution is 5.16. The van der Waals surface area contributed by atoms with Crippen LogP contribution in [0.25, 0.3) is 0 Å². The lowest BCUT2D eigenvalue weighted by molar-refractivity contribution is 0.116. The maximum absolute atomic E-state index is 9.93. The first kappa shape index (κ1) is 11.3. The third kappa shape index (κ3) is 2.61. The number of aryl methyl sites for hydroxylation is 1. The van der Waals surface area contributed by atoms with Crippen LogP contribution in [0.1, 0.15) is 50.5 Å². The van der Waals surface area contributed by atoms with Gasteiger partial charge in [0.05, 0.1) is 6.26 Å². The van der Waals surface area contributed by atoms with Gasteiger partial charge >= 0.3 is 0 Å². The smallest absolute Gasteiger partial charge is 0.135 e. The molecule has 0 aliphatic carbocycles. The number of rotatable bonds is 5. The molecule has 0 aliphatic rings. The lowest BCUT2D eigenvalue weighted by atomic mass is 9.94. The lowest BCUT2D eigenvalue weighted by Crippen LogP contribution is -2.06. The van der Waals surface area contributed by atoms with Gasteiger partial charge in [-0.15, -0.1) is 0 Å². The molecule has 0 saturated heterocycles. The van der Waals surface area contributed by atoms with Crippen LogP contribution in [0.5, 0.6) is 0 Å². The summed E-state index contributed by atoms with van der Waals surface area (Å²) in [5, 5.41) is 9.93. The molecule has 0 radical (unpaired) electrons. The van der Waals surface area contributed by atoms with Gasteiger partial charge in [0.15, 0.2) is 0 Å². The van der Waals surface area contributed by atoms with Crippen LogP contribution in [0.15, 0.2) is 16.7 Å². The fraction of sp³-hybridized carbons (Fsp3) is 0.667. The normalized spacial score (nSPS) is 13.5. The Hall–Kier alpha value is -0.760. The van der Waals surface area contributed by atoms with Gasteiger partial charge in [-0.2, -0.15) is 0 Å². The first-order chi connectivity index (χ1) is 6.69. The van der Waals surface area contributed by atoms with Crippen LogP contribution in [-0.2, 0) is 0 Å². The van der Waals surface area contributed by atoms with E-state index >= 15 is 0 Å². The van der Waals surface area contributed by atoms with E-state index in [0.29, 0.717) is 5.92 Å². The van der Waals surface area contributed by atoms with Crippen molar-refractivity contribution >= 4 is 0 Å². The summed E-state index contributed by atoms with van der Waals surface area (Å²) in [6.45, 7) is 6.29. The predicted octanol–water partition coefficient (Wildman–Crippen LogP) is 3.45. The highest BCUT2D eigenvalue weighted by atomic mass is 16.4. The fourth-order valence-electron chi connectivity index (χ4n) is 1.77. The third-order valence-electron chi connectivity index (χ3n) is 2.92. The molecule has 0 spiro atoms. The molecule has 0 amide bonds. The van der Waals surface area contributed by atoms with Crippen molar-refractivity contribution in [3.63, 3.8) is 0 Å². The summed E-state index contributed by atoms with van der Waals surface area (Å²) < 4.78 is 5.27. The molecule has 1 atom stereocenters. The summed E-state index contributed by atoms with van der Waals surface area (Å²) in [6.07, 6.45) is 4.25. The average molecular weight is 196 g/mol. The van der Waals surface area contributed by atoms with Crippen molar-refractivity contribution in [2.75, 3.05) is 0 Å². The lowest BCUT2D eigenvalue weighted by Gasteiger charge is -2.16. The zero-order chi connectivity index (χ0) is 10.6. The van der Waals surface area contributed by atoms with Crippen LogP contribution < -0.4 is 0 Å². The molecule has 0 fully saturated rings. The minimum Gasteiger partial charge on any atom is -0.466 e. The van der Waals surface area contributed by atoms with Gasteiger partial charge in [-0.05, 0) is 30.9 Å². The number of furan rings is 1. The highest BCUT2D eigenvalue weighted by Gasteiger charge is 2.17. The number of aliphatic hydroxyl groups excluding tert-OH is 1. The maximum Gasteiger partial charge on any atom is 0.135 e. The van der Waals surface area contributed by atoms with E-state index in [0.717, 1.165) is 30.6 Å². The van der Waals surface area contributed by atoms with Crippen LogP contribution in [0.4, 0.5) is 0 Å². The standard InChI is InChI=1S/C12H20O2/c1-4-10(5-2)8-11(13)12-9(3)6-7-14-12/h6-7,10-11,13H,4-5,8H2,1-3H3. The average Bonchev–Trinajstić information content (AvgIpc) is 2.60. The Balaban J connectivity index is 2.58. The molecule has 1 unspecified atom stereocenters. The first-order valence-electron chi connectivity index (χ1n) is 5.41. The molecule has 1 aromatic heterocycles. The number of hydrogen-bond donors (Lipinski definition) is 1. The summed E-state index contributed by atoms with van der Waals surface area (Å²) >= 11 is 0. The summed E-state index contributed by atoms with van der Waals surface area (Å²) in [7, 11) is 0. The van der Waals surface area contributed by atoms with Crippen LogP contribution in [0, 0.1) is 12.8 Å². The van der Waals surface area contributed by atoms with Crippen molar-refractivity contribution in [1.82, 2.24) is 0 Å². The topological polar surface area (TPSA) is 33.4 Å². The van der Waals surface area contributed by atoms with Gasteiger partial charge < -0.3 is 9.52 Å². The zero-order valence-corrected chi connectivity index (χ0v) is 9.29. The SMILES string of the molecule is CCC(CC)CC(O)c1occc1C. The quantitative estimate of drug-likeness (QED) is 0.782. The van der Waals surface area contributed by atoms with E-state index in [1.165, 1.54) is 0 Å². The first-order valence-corrected chi connectivity index (χ1v) is 5.41. The van der Waals surface area contributed by atoms with Gasteiger partial charge in [-0.1, -0.05) is 26.7 Å². The molecule has 0 saturated carbocycles. The van der Waals surface area contributed by atoms with Crippen LogP contribution in [-0.4, -0.2) is 5.11 Å². The largest absolute Gasteiger partial charge is 0.466 e. The Bertz CT molecular complexity index is 261. The van der Waals surface area contributed by atoms with Crippen molar-refractivity contribution in [3.05, 3.63) is 23.7 Å². The van der Waals surface area contributed by atoms with E-state index in [2.05, 4.69) is 13.8 Å². The molecular formula is C12H20O2. The second-order valence-electron chi connectivity index (χ2n) is 3.90. The molecule has 1 heterocycles. The molecule has 0 bridgehead atoms. The Morgan fingerprint density at radius 3 is 2.43 bits per heavy atom. The third-order valence-corrected chi connectivity index (χ3v) is 2.92. The van der Waals surface area contributed by atoms with Crippen molar-refractivity contribution < 1.29 is 9.52 Å². The molecule has 2 nitrogen and oxygen atoms in total. The molecular weight excluding hydrogens is 176 g/mol. The van der Waals surface area contributed by atoms with Gasteiger partial charge in [0.1, 0.15) is 11.9 Å². The molecule has 14 heavy (non-hydrogen) atoms. The number of aliphatic hydroxyl groups is 1. The zero-order valence-electron chi connectivity index (χ0n) is 9.29. The van der Waals surface area contributed by atoms with E-state index in [4.69, 9.17) is 4.42 Å². The van der Waals surface area contributed by atoms with Gasteiger partial charge in [-0.25, -0.2) is 0 Å². The summed E-state index contributed by atoms with van der Waals surface area (Å²) in [5.41, 5.74) is 1.04. The van der Waals surface area contributed by atoms with Crippen LogP contribution >= 0.6 is 0 Å². The fourth-order valence-corrected chi connectivity index (χ4v) is 1.77. The van der Waals surface area contributed by atoms with Gasteiger partial charge in [0, 0.05) is 0 Å². The van der Waals surface area contributed by atoms with E-state index in [1.807, 2.05) is 13.0 Å². The second-order valence-corrected chi connectivity index (χ2v) is 3.90. The predicted molar refractivity (Wildman–Crippen MR) is 57.1 cm³/mol. The Kier molecular flexibility index (Phi) is 4.21. The van der Waals surface area contributed by atoms with Crippen LogP contribution in [0.3, 0.4) is 0 Å². The van der Waals surface area contributed by atoms with E-state index in [-0.39, 0.29) is 0 Å². The number of hydrogen-bond acceptors (Lipinski definition) is 2. The minimum atomic E-state index is -0.435. The summed E-state index contributed by atoms with van der Waals surface area (Å²) in [6, 6.07) is 1.89. The maximum atomic E-state index is 9.93. The van der Waals surface area contributed by atoms with E-state index in [1.54, 1.807) is 6.26 Å². The van der Waals surface area contributed by atoms with E-state index < -0.39 is 6.10 Å². The van der Waals surface area contributed by atoms with Gasteiger partial charge in [0.2, 0.25) is 0 Å². The monoisotopic (exact) mass is 196 g/mol. The van der Waals surface area contributed by atoms with E-state index in [9.17, 15) is 5.11 Å². The second kappa shape index (κ2) is 5.20. The molecule has 1 N–H and O–H groups in total. The van der Waals surface area contributed by atoms with Gasteiger partial charge in [0.25, 0.3) is 0 Å². The molecule has 1 aromatic rings. The molecule has 2 heteroatoms.